The lowest BCUT2D eigenvalue weighted by molar-refractivity contribution is -0.148. The van der Waals surface area contributed by atoms with Crippen molar-refractivity contribution < 1.29 is 33.8 Å². The molecule has 1 fully saturated rings. The third-order valence-corrected chi connectivity index (χ3v) is 14.1. The third-order valence-electron chi connectivity index (χ3n) is 9.48. The number of aliphatic hydroxyl groups is 1. The van der Waals surface area contributed by atoms with Crippen LogP contribution in [0.15, 0.2) is 36.4 Å². The average molecular weight is 698 g/mol. The van der Waals surface area contributed by atoms with E-state index in [1.807, 2.05) is 51.1 Å². The van der Waals surface area contributed by atoms with Gasteiger partial charge in [0.1, 0.15) is 18.1 Å². The Kier molecular flexibility index (Phi) is 13.3. The maximum absolute atomic E-state index is 14.1. The lowest BCUT2D eigenvalue weighted by atomic mass is 9.97. The van der Waals surface area contributed by atoms with Crippen molar-refractivity contribution in [3.05, 3.63) is 47.7 Å². The normalized spacial score (nSPS) is 18.9. The van der Waals surface area contributed by atoms with E-state index in [9.17, 15) is 29.4 Å². The van der Waals surface area contributed by atoms with Crippen LogP contribution in [0, 0.1) is 11.8 Å². The lowest BCUT2D eigenvalue weighted by Gasteiger charge is -2.40. The lowest BCUT2D eigenvalue weighted by Crippen LogP contribution is -2.61. The Bertz CT molecular complexity index is 1540. The Morgan fingerprint density at radius 2 is 1.69 bits per heavy atom. The zero-order valence-electron chi connectivity index (χ0n) is 30.5. The van der Waals surface area contributed by atoms with Gasteiger partial charge in [-0.25, -0.2) is 5.43 Å². The fourth-order valence-corrected chi connectivity index (χ4v) is 6.81. The second kappa shape index (κ2) is 16.4. The Labute approximate surface area is 291 Å². The number of pyridine rings is 1. The van der Waals surface area contributed by atoms with E-state index in [-0.39, 0.29) is 11.0 Å². The number of nitrogens with one attached hydrogen (secondary N) is 3. The van der Waals surface area contributed by atoms with Crippen molar-refractivity contribution in [3.63, 3.8) is 0 Å². The molecule has 13 heteroatoms. The molecular weight excluding hydrogens is 643 g/mol. The number of carboxylic acids is 1. The first-order valence-electron chi connectivity index (χ1n) is 17.1. The van der Waals surface area contributed by atoms with Gasteiger partial charge in [0.2, 0.25) is 11.8 Å². The number of hydrazine groups is 1. The molecule has 1 aliphatic heterocycles. The maximum Gasteiger partial charge on any atom is 0.322 e. The smallest absolute Gasteiger partial charge is 0.322 e. The number of benzene rings is 1. The molecule has 1 saturated heterocycles. The van der Waals surface area contributed by atoms with Crippen molar-refractivity contribution in [3.8, 4) is 0 Å². The van der Waals surface area contributed by atoms with Gasteiger partial charge in [0.05, 0.1) is 29.3 Å². The van der Waals surface area contributed by atoms with Gasteiger partial charge in [0, 0.05) is 11.9 Å². The topological polar surface area (TPSA) is 170 Å². The van der Waals surface area contributed by atoms with E-state index in [0.29, 0.717) is 30.6 Å². The molecule has 12 nitrogen and oxygen atoms in total. The molecule has 49 heavy (non-hydrogen) atoms. The summed E-state index contributed by atoms with van der Waals surface area (Å²) >= 11 is 0. The number of aromatic nitrogens is 1. The van der Waals surface area contributed by atoms with Gasteiger partial charge in [-0.2, -0.15) is 0 Å². The SMILES string of the molecule is CC(C)[C@H](NC(=O)[C@H](/C=C/c1ccc2ccc([C@@H](C)O)nc2c1)C(C)O[Si](C)(C)C(C)(C)C)C(=O)N[C@@H](C)C(=O)N1CCC[C@@H](C(=O)O)N1. The summed E-state index contributed by atoms with van der Waals surface area (Å²) in [5.41, 5.74) is 4.81. The number of hydrogen-bond donors (Lipinski definition) is 5. The molecule has 270 valence electrons. The molecule has 0 bridgehead atoms. The molecule has 2 aromatic rings. The van der Waals surface area contributed by atoms with E-state index in [1.54, 1.807) is 19.1 Å². The molecule has 1 aromatic heterocycles. The summed E-state index contributed by atoms with van der Waals surface area (Å²) in [6.07, 6.45) is 3.31. The molecule has 3 amide bonds. The summed E-state index contributed by atoms with van der Waals surface area (Å²) in [6, 6.07) is 6.66. The highest BCUT2D eigenvalue weighted by Gasteiger charge is 2.41. The van der Waals surface area contributed by atoms with Gasteiger partial charge < -0.3 is 25.3 Å². The van der Waals surface area contributed by atoms with Crippen LogP contribution in [0.3, 0.4) is 0 Å². The molecule has 0 saturated carbocycles. The van der Waals surface area contributed by atoms with Crippen LogP contribution in [0.4, 0.5) is 0 Å². The van der Waals surface area contributed by atoms with Gasteiger partial charge >= 0.3 is 5.97 Å². The van der Waals surface area contributed by atoms with E-state index in [0.717, 1.165) is 10.9 Å². The number of rotatable bonds is 13. The number of carbonyl (C=O) groups excluding carboxylic acids is 3. The first-order chi connectivity index (χ1) is 22.7. The van der Waals surface area contributed by atoms with Gasteiger partial charge in [-0.1, -0.05) is 65.0 Å². The quantitative estimate of drug-likeness (QED) is 0.189. The van der Waals surface area contributed by atoms with E-state index in [2.05, 4.69) is 54.9 Å². The van der Waals surface area contributed by atoms with Crippen molar-refractivity contribution in [2.24, 2.45) is 11.8 Å². The third kappa shape index (κ3) is 10.4. The zero-order valence-corrected chi connectivity index (χ0v) is 31.5. The largest absolute Gasteiger partial charge is 0.480 e. The molecule has 0 aliphatic carbocycles. The highest BCUT2D eigenvalue weighted by Crippen LogP contribution is 2.38. The van der Waals surface area contributed by atoms with Gasteiger partial charge in [-0.3, -0.25) is 29.2 Å². The number of hydrogen-bond acceptors (Lipinski definition) is 8. The molecule has 1 aromatic carbocycles. The molecule has 1 aliphatic rings. The standard InChI is InChI=1S/C36H55N5O7Si/c1-21(2)31(33(44)37-22(3)34(45)41-19-11-12-29(40-41)35(46)47)39-32(43)27(24(5)48-49(9,10)36(6,7)8)17-14-25-13-15-26-16-18-28(23(4)42)38-30(26)20-25/h13-18,20-24,27,29,31,40,42H,11-12,19H2,1-10H3,(H,37,44)(H,39,43)(H,46,47)/b17-14+/t22-,23+,24?,27+,29-,31-/m0/s1. The summed E-state index contributed by atoms with van der Waals surface area (Å²) in [5.74, 6) is -3.50. The fraction of sp³-hybridized carbons (Fsp3) is 0.583. The maximum atomic E-state index is 14.1. The van der Waals surface area contributed by atoms with Crippen LogP contribution in [0.2, 0.25) is 18.1 Å². The number of amides is 3. The van der Waals surface area contributed by atoms with Gasteiger partial charge in [0.25, 0.3) is 5.91 Å². The highest BCUT2D eigenvalue weighted by atomic mass is 28.4. The van der Waals surface area contributed by atoms with Gasteiger partial charge in [-0.05, 0) is 75.4 Å². The molecule has 1 unspecified atom stereocenters. The van der Waals surface area contributed by atoms with Gasteiger partial charge in [0.15, 0.2) is 8.32 Å². The van der Waals surface area contributed by atoms with Crippen LogP contribution >= 0.6 is 0 Å². The van der Waals surface area contributed by atoms with Crippen LogP contribution in [0.25, 0.3) is 17.0 Å². The Morgan fingerprint density at radius 1 is 1.04 bits per heavy atom. The molecular formula is C36H55N5O7Si. The number of nitrogens with zero attached hydrogens (tertiary/aromatic N) is 2. The summed E-state index contributed by atoms with van der Waals surface area (Å²) < 4.78 is 6.66. The number of carbonyl (C=O) groups is 4. The van der Waals surface area contributed by atoms with Crippen LogP contribution in [-0.4, -0.2) is 83.0 Å². The number of aliphatic hydroxyl groups excluding tert-OH is 1. The summed E-state index contributed by atoms with van der Waals surface area (Å²) in [4.78, 5) is 56.8. The highest BCUT2D eigenvalue weighted by molar-refractivity contribution is 6.74. The monoisotopic (exact) mass is 697 g/mol. The van der Waals surface area contributed by atoms with E-state index < -0.39 is 68.3 Å². The Balaban J connectivity index is 1.85. The number of fused-ring (bicyclic) bond motifs is 1. The van der Waals surface area contributed by atoms with Crippen LogP contribution < -0.4 is 16.1 Å². The molecule has 5 N–H and O–H groups in total. The van der Waals surface area contributed by atoms with Crippen molar-refractivity contribution in [2.75, 3.05) is 6.54 Å². The number of aliphatic carboxylic acids is 1. The van der Waals surface area contributed by atoms with Crippen molar-refractivity contribution in [2.45, 2.75) is 117 Å². The summed E-state index contributed by atoms with van der Waals surface area (Å²) in [7, 11) is -2.30. The molecule has 2 heterocycles. The Hall–Kier alpha value is -3.65. The molecule has 6 atom stereocenters. The zero-order chi connectivity index (χ0) is 36.8. The molecule has 0 radical (unpaired) electrons. The predicted molar refractivity (Wildman–Crippen MR) is 193 cm³/mol. The van der Waals surface area contributed by atoms with Crippen LogP contribution in [-0.2, 0) is 23.6 Å². The summed E-state index contributed by atoms with van der Waals surface area (Å²) in [6.45, 7) is 19.6. The van der Waals surface area contributed by atoms with E-state index in [4.69, 9.17) is 4.43 Å². The van der Waals surface area contributed by atoms with E-state index >= 15 is 0 Å². The summed E-state index contributed by atoms with van der Waals surface area (Å²) in [5, 5.41) is 27.1. The van der Waals surface area contributed by atoms with Crippen molar-refractivity contribution in [1.82, 2.24) is 26.1 Å². The van der Waals surface area contributed by atoms with E-state index in [1.165, 1.54) is 11.9 Å². The first-order valence-corrected chi connectivity index (χ1v) is 20.0. The minimum Gasteiger partial charge on any atom is -0.480 e. The van der Waals surface area contributed by atoms with Crippen LogP contribution in [0.1, 0.15) is 85.6 Å². The molecule has 0 spiro atoms. The molecule has 3 rings (SSSR count). The van der Waals surface area contributed by atoms with Crippen molar-refractivity contribution in [1.29, 1.82) is 0 Å². The second-order valence-corrected chi connectivity index (χ2v) is 19.7. The minimum absolute atomic E-state index is 0.103. The number of carboxylic acid groups (broad SMARTS) is 1. The van der Waals surface area contributed by atoms with Crippen LogP contribution in [0.5, 0.6) is 0 Å². The van der Waals surface area contributed by atoms with Crippen molar-refractivity contribution >= 4 is 49.0 Å². The second-order valence-electron chi connectivity index (χ2n) is 14.9. The predicted octanol–water partition coefficient (Wildman–Crippen LogP) is 4.55. The Morgan fingerprint density at radius 3 is 2.29 bits per heavy atom. The fourth-order valence-electron chi connectivity index (χ4n) is 5.38. The average Bonchev–Trinajstić information content (AvgIpc) is 3.01. The minimum atomic E-state index is -2.30. The first kappa shape index (κ1) is 39.8. The van der Waals surface area contributed by atoms with Gasteiger partial charge in [-0.15, -0.1) is 0 Å².